The highest BCUT2D eigenvalue weighted by atomic mass is 16.6. The molecule has 1 aliphatic carbocycles. The monoisotopic (exact) mass is 431 g/mol. The molecule has 0 atom stereocenters. The van der Waals surface area contributed by atoms with Gasteiger partial charge in [-0.3, -0.25) is 4.79 Å². The number of hydrogen-bond acceptors (Lipinski definition) is 6. The van der Waals surface area contributed by atoms with Gasteiger partial charge in [0, 0.05) is 37.8 Å². The Balaban J connectivity index is 1.27. The molecule has 0 bridgehead atoms. The number of amides is 2. The van der Waals surface area contributed by atoms with E-state index in [1.165, 1.54) is 25.7 Å². The molecule has 1 aromatic rings. The number of rotatable bonds is 8. The molecule has 170 valence electrons. The summed E-state index contributed by atoms with van der Waals surface area (Å²) in [5, 5.41) is 2.84. The molecule has 3 fully saturated rings. The Hall–Kier alpha value is -2.48. The predicted octanol–water partition coefficient (Wildman–Crippen LogP) is 2.66. The summed E-state index contributed by atoms with van der Waals surface area (Å²) in [7, 11) is 1.59. The molecule has 1 aromatic carbocycles. The second-order valence-electron chi connectivity index (χ2n) is 8.51. The second-order valence-corrected chi connectivity index (χ2v) is 8.51. The number of nitrogens with zero attached hydrogens (tertiary/aromatic N) is 2. The molecule has 0 unspecified atom stereocenters. The van der Waals surface area contributed by atoms with E-state index in [1.807, 2.05) is 6.07 Å². The zero-order chi connectivity index (χ0) is 21.6. The number of likely N-dealkylation sites (tertiary alicyclic amines) is 1. The lowest BCUT2D eigenvalue weighted by Gasteiger charge is -2.36. The minimum atomic E-state index is -0.327. The standard InChI is InChI=1S/C23H33N3O5/c1-29-21-16-17(22(27)24-10-13-26-14-15-30-23(26)28)6-7-20(21)31-19-8-11-25(12-9-19)18-4-2-3-5-18/h6-7,16,18-19H,2-5,8-15H2,1H3,(H,24,27). The van der Waals surface area contributed by atoms with Gasteiger partial charge in [-0.2, -0.15) is 0 Å². The Morgan fingerprint density at radius 3 is 2.58 bits per heavy atom. The summed E-state index contributed by atoms with van der Waals surface area (Å²) in [5.74, 6) is 1.04. The largest absolute Gasteiger partial charge is 0.493 e. The summed E-state index contributed by atoms with van der Waals surface area (Å²) in [6, 6.07) is 6.05. The van der Waals surface area contributed by atoms with Crippen LogP contribution in [0.2, 0.25) is 0 Å². The van der Waals surface area contributed by atoms with Crippen molar-refractivity contribution in [1.82, 2.24) is 15.1 Å². The topological polar surface area (TPSA) is 80.3 Å². The van der Waals surface area contributed by atoms with Crippen LogP contribution in [0.5, 0.6) is 11.5 Å². The highest BCUT2D eigenvalue weighted by Gasteiger charge is 2.28. The third kappa shape index (κ3) is 5.42. The van der Waals surface area contributed by atoms with Crippen LogP contribution in [0.4, 0.5) is 4.79 Å². The second kappa shape index (κ2) is 10.2. The molecule has 0 spiro atoms. The van der Waals surface area contributed by atoms with E-state index in [4.69, 9.17) is 14.2 Å². The van der Waals surface area contributed by atoms with E-state index >= 15 is 0 Å². The van der Waals surface area contributed by atoms with Crippen molar-refractivity contribution in [3.8, 4) is 11.5 Å². The van der Waals surface area contributed by atoms with E-state index in [9.17, 15) is 9.59 Å². The average molecular weight is 432 g/mol. The summed E-state index contributed by atoms with van der Waals surface area (Å²) < 4.78 is 16.6. The van der Waals surface area contributed by atoms with E-state index < -0.39 is 0 Å². The average Bonchev–Trinajstić information content (AvgIpc) is 3.47. The first-order chi connectivity index (χ1) is 15.1. The van der Waals surface area contributed by atoms with Gasteiger partial charge in [-0.15, -0.1) is 0 Å². The fraction of sp³-hybridized carbons (Fsp3) is 0.652. The van der Waals surface area contributed by atoms with E-state index in [2.05, 4.69) is 10.2 Å². The number of benzene rings is 1. The molecule has 2 aliphatic heterocycles. The van der Waals surface area contributed by atoms with Crippen LogP contribution in [0.25, 0.3) is 0 Å². The van der Waals surface area contributed by atoms with Gasteiger partial charge in [0.15, 0.2) is 11.5 Å². The van der Waals surface area contributed by atoms with Crippen molar-refractivity contribution >= 4 is 12.0 Å². The van der Waals surface area contributed by atoms with Crippen molar-refractivity contribution in [3.63, 3.8) is 0 Å². The quantitative estimate of drug-likeness (QED) is 0.682. The number of ether oxygens (including phenoxy) is 3. The Morgan fingerprint density at radius 1 is 1.13 bits per heavy atom. The van der Waals surface area contributed by atoms with E-state index in [0.717, 1.165) is 32.0 Å². The Morgan fingerprint density at radius 2 is 1.90 bits per heavy atom. The molecule has 1 saturated carbocycles. The van der Waals surface area contributed by atoms with Crippen molar-refractivity contribution in [2.24, 2.45) is 0 Å². The molecule has 8 heteroatoms. The fourth-order valence-corrected chi connectivity index (χ4v) is 4.75. The molecule has 0 aromatic heterocycles. The minimum absolute atomic E-state index is 0.173. The molecule has 3 aliphatic rings. The van der Waals surface area contributed by atoms with Crippen molar-refractivity contribution < 1.29 is 23.8 Å². The maximum Gasteiger partial charge on any atom is 0.409 e. The van der Waals surface area contributed by atoms with Gasteiger partial charge in [-0.05, 0) is 43.9 Å². The zero-order valence-corrected chi connectivity index (χ0v) is 18.3. The lowest BCUT2D eigenvalue weighted by molar-refractivity contribution is 0.0750. The number of cyclic esters (lactones) is 1. The Kier molecular flexibility index (Phi) is 7.17. The molecule has 0 radical (unpaired) electrons. The molecule has 4 rings (SSSR count). The Labute approximate surface area is 183 Å². The lowest BCUT2D eigenvalue weighted by atomic mass is 10.0. The fourth-order valence-electron chi connectivity index (χ4n) is 4.75. The van der Waals surface area contributed by atoms with Crippen molar-refractivity contribution in [1.29, 1.82) is 0 Å². The zero-order valence-electron chi connectivity index (χ0n) is 18.3. The molecular weight excluding hydrogens is 398 g/mol. The summed E-state index contributed by atoms with van der Waals surface area (Å²) in [5.41, 5.74) is 0.504. The maximum absolute atomic E-state index is 12.5. The number of piperidine rings is 1. The molecule has 31 heavy (non-hydrogen) atoms. The van der Waals surface area contributed by atoms with Crippen LogP contribution in [0.3, 0.4) is 0 Å². The number of methoxy groups -OCH3 is 1. The minimum Gasteiger partial charge on any atom is -0.493 e. The van der Waals surface area contributed by atoms with Crippen LogP contribution in [0.1, 0.15) is 48.9 Å². The number of hydrogen-bond donors (Lipinski definition) is 1. The molecule has 2 saturated heterocycles. The van der Waals surface area contributed by atoms with Gasteiger partial charge in [-0.25, -0.2) is 4.79 Å². The van der Waals surface area contributed by atoms with Crippen molar-refractivity contribution in [2.75, 3.05) is 46.4 Å². The van der Waals surface area contributed by atoms with Gasteiger partial charge in [-0.1, -0.05) is 12.8 Å². The van der Waals surface area contributed by atoms with Gasteiger partial charge in [0.25, 0.3) is 5.91 Å². The van der Waals surface area contributed by atoms with Crippen molar-refractivity contribution in [3.05, 3.63) is 23.8 Å². The lowest BCUT2D eigenvalue weighted by Crippen LogP contribution is -2.43. The molecule has 2 amide bonds. The summed E-state index contributed by atoms with van der Waals surface area (Å²) in [6.45, 7) is 3.95. The summed E-state index contributed by atoms with van der Waals surface area (Å²) >= 11 is 0. The summed E-state index contributed by atoms with van der Waals surface area (Å²) in [4.78, 5) is 28.1. The SMILES string of the molecule is COc1cc(C(=O)NCCN2CCOC2=O)ccc1OC1CCN(C2CCCC2)CC1. The van der Waals surface area contributed by atoms with Crippen molar-refractivity contribution in [2.45, 2.75) is 50.7 Å². The summed E-state index contributed by atoms with van der Waals surface area (Å²) in [6.07, 6.45) is 7.28. The maximum atomic E-state index is 12.5. The van der Waals surface area contributed by atoms with Crippen LogP contribution in [-0.2, 0) is 4.74 Å². The molecule has 8 nitrogen and oxygen atoms in total. The number of carbonyl (C=O) groups is 2. The third-order valence-electron chi connectivity index (χ3n) is 6.55. The van der Waals surface area contributed by atoms with Crippen LogP contribution in [-0.4, -0.2) is 80.4 Å². The van der Waals surface area contributed by atoms with Crippen LogP contribution in [0, 0.1) is 0 Å². The smallest absolute Gasteiger partial charge is 0.409 e. The van der Waals surface area contributed by atoms with Crippen LogP contribution < -0.4 is 14.8 Å². The van der Waals surface area contributed by atoms with E-state index in [-0.39, 0.29) is 18.1 Å². The first kappa shape index (κ1) is 21.7. The molecule has 2 heterocycles. The highest BCUT2D eigenvalue weighted by Crippen LogP contribution is 2.32. The Bertz CT molecular complexity index is 772. The van der Waals surface area contributed by atoms with E-state index in [1.54, 1.807) is 24.1 Å². The molecular formula is C23H33N3O5. The van der Waals surface area contributed by atoms with E-state index in [0.29, 0.717) is 43.3 Å². The van der Waals surface area contributed by atoms with Crippen LogP contribution in [0.15, 0.2) is 18.2 Å². The van der Waals surface area contributed by atoms with Gasteiger partial charge in [0.1, 0.15) is 12.7 Å². The number of nitrogens with one attached hydrogen (secondary N) is 1. The highest BCUT2D eigenvalue weighted by molar-refractivity contribution is 5.94. The first-order valence-electron chi connectivity index (χ1n) is 11.4. The van der Waals surface area contributed by atoms with Gasteiger partial charge in [0.05, 0.1) is 13.7 Å². The normalized spacial score (nSPS) is 20.7. The van der Waals surface area contributed by atoms with Gasteiger partial charge in [0.2, 0.25) is 0 Å². The van der Waals surface area contributed by atoms with Gasteiger partial charge >= 0.3 is 6.09 Å². The third-order valence-corrected chi connectivity index (χ3v) is 6.55. The molecule has 1 N–H and O–H groups in total. The first-order valence-corrected chi connectivity index (χ1v) is 11.4. The van der Waals surface area contributed by atoms with Crippen LogP contribution >= 0.6 is 0 Å². The van der Waals surface area contributed by atoms with Gasteiger partial charge < -0.3 is 29.3 Å². The number of carbonyl (C=O) groups excluding carboxylic acids is 2. The predicted molar refractivity (Wildman–Crippen MR) is 116 cm³/mol.